The minimum atomic E-state index is -4.14. The Kier molecular flexibility index (Phi) is 9.93. The molecule has 0 amide bonds. The van der Waals surface area contributed by atoms with Crippen molar-refractivity contribution in [1.29, 1.82) is 0 Å². The van der Waals surface area contributed by atoms with Crippen LogP contribution in [-0.2, 0) is 41.9 Å². The third kappa shape index (κ3) is 7.13. The largest absolute Gasteiger partial charge is 0.509 e. The molecule has 0 aliphatic carbocycles. The van der Waals surface area contributed by atoms with Crippen molar-refractivity contribution in [2.24, 2.45) is 5.41 Å². The van der Waals surface area contributed by atoms with Gasteiger partial charge in [0.1, 0.15) is 6.10 Å². The van der Waals surface area contributed by atoms with Crippen LogP contribution in [0.3, 0.4) is 0 Å². The topological polar surface area (TPSA) is 136 Å². The number of ether oxygens (including phenoxy) is 4. The molecule has 0 aromatic heterocycles. The van der Waals surface area contributed by atoms with Gasteiger partial charge in [-0.25, -0.2) is 9.36 Å². The Balaban J connectivity index is 2.29. The Bertz CT molecular complexity index is 663. The molecule has 32 heavy (non-hydrogen) atoms. The minimum absolute atomic E-state index is 0.118. The number of hydrogen-bond donors (Lipinski definition) is 1. The number of fused-ring (bicyclic) bond motifs is 1. The maximum atomic E-state index is 13.3. The van der Waals surface area contributed by atoms with E-state index in [4.69, 9.17) is 32.5 Å². The Labute approximate surface area is 188 Å². The summed E-state index contributed by atoms with van der Waals surface area (Å²) in [5, 5.41) is 9.72. The van der Waals surface area contributed by atoms with Crippen molar-refractivity contribution < 1.29 is 51.8 Å². The summed E-state index contributed by atoms with van der Waals surface area (Å²) in [5.41, 5.74) is -0.893. The second-order valence-electron chi connectivity index (χ2n) is 8.69. The van der Waals surface area contributed by atoms with Crippen LogP contribution in [0.2, 0.25) is 0 Å². The van der Waals surface area contributed by atoms with Crippen molar-refractivity contribution in [1.82, 2.24) is 0 Å². The van der Waals surface area contributed by atoms with Gasteiger partial charge in [-0.3, -0.25) is 18.4 Å². The molecule has 2 heterocycles. The molecule has 0 aromatic carbocycles. The fourth-order valence-corrected chi connectivity index (χ4v) is 4.25. The first-order valence-corrected chi connectivity index (χ1v) is 12.4. The highest BCUT2D eigenvalue weighted by Gasteiger charge is 2.58. The van der Waals surface area contributed by atoms with Crippen LogP contribution in [0.15, 0.2) is 0 Å². The first-order valence-electron chi connectivity index (χ1n) is 11.0. The lowest BCUT2D eigenvalue weighted by atomic mass is 9.96. The standard InChI is InChI=1S/C20H35O11P/c1-6-8-10-25-32(24,26-11-9-7-2)31-17-16(28-18(22)20(3,4)5)15-14(13(12-21)27-17)29-19(23)30-15/h13-17,21H,6-12H2,1-5H3/t13-,14+,15+,16-,17-/m1/s1. The summed E-state index contributed by atoms with van der Waals surface area (Å²) < 4.78 is 51.3. The summed E-state index contributed by atoms with van der Waals surface area (Å²) in [6, 6.07) is 0. The number of phosphoric ester groups is 1. The predicted octanol–water partition coefficient (Wildman–Crippen LogP) is 3.32. The van der Waals surface area contributed by atoms with Crippen LogP contribution in [0.4, 0.5) is 4.79 Å². The molecule has 0 unspecified atom stereocenters. The van der Waals surface area contributed by atoms with Gasteiger partial charge in [0.15, 0.2) is 18.3 Å². The van der Waals surface area contributed by atoms with Crippen LogP contribution in [0.5, 0.6) is 0 Å². The smallest absolute Gasteiger partial charge is 0.452 e. The minimum Gasteiger partial charge on any atom is -0.452 e. The highest BCUT2D eigenvalue weighted by Crippen LogP contribution is 2.53. The van der Waals surface area contributed by atoms with Gasteiger partial charge in [0.05, 0.1) is 25.2 Å². The Morgan fingerprint density at radius 3 is 2.12 bits per heavy atom. The molecule has 11 nitrogen and oxygen atoms in total. The van der Waals surface area contributed by atoms with Crippen molar-refractivity contribution in [3.8, 4) is 0 Å². The van der Waals surface area contributed by atoms with E-state index >= 15 is 0 Å². The first kappa shape index (κ1) is 27.0. The van der Waals surface area contributed by atoms with Crippen molar-refractivity contribution in [2.45, 2.75) is 91.0 Å². The van der Waals surface area contributed by atoms with Crippen molar-refractivity contribution in [3.63, 3.8) is 0 Å². The van der Waals surface area contributed by atoms with E-state index in [1.165, 1.54) is 0 Å². The summed E-state index contributed by atoms with van der Waals surface area (Å²) >= 11 is 0. The SMILES string of the molecule is CCCCOP(=O)(OCCCC)O[C@H]1O[C@H](CO)[C@@H]2OC(=O)O[C@@H]2[C@H]1OC(=O)C(C)(C)C. The van der Waals surface area contributed by atoms with Gasteiger partial charge in [0.25, 0.3) is 0 Å². The number of aliphatic hydroxyl groups excluding tert-OH is 1. The van der Waals surface area contributed by atoms with Crippen molar-refractivity contribution >= 4 is 19.9 Å². The molecule has 2 fully saturated rings. The van der Waals surface area contributed by atoms with Gasteiger partial charge in [0, 0.05) is 0 Å². The number of carbonyl (C=O) groups is 2. The molecule has 12 heteroatoms. The maximum absolute atomic E-state index is 13.3. The zero-order valence-corrected chi connectivity index (χ0v) is 20.2. The van der Waals surface area contributed by atoms with Gasteiger partial charge in [-0.2, -0.15) is 0 Å². The number of phosphoric acid groups is 1. The maximum Gasteiger partial charge on any atom is 0.509 e. The molecular weight excluding hydrogens is 447 g/mol. The van der Waals surface area contributed by atoms with Crippen LogP contribution < -0.4 is 0 Å². The average Bonchev–Trinajstić information content (AvgIpc) is 3.10. The first-order chi connectivity index (χ1) is 15.0. The average molecular weight is 482 g/mol. The van der Waals surface area contributed by atoms with E-state index in [0.29, 0.717) is 12.8 Å². The number of rotatable bonds is 12. The van der Waals surface area contributed by atoms with E-state index < -0.39 is 62.7 Å². The normalized spacial score (nSPS) is 28.1. The van der Waals surface area contributed by atoms with E-state index in [0.717, 1.165) is 12.8 Å². The van der Waals surface area contributed by atoms with E-state index in [1.807, 2.05) is 13.8 Å². The number of aliphatic hydroxyl groups is 1. The molecule has 1 N–H and O–H groups in total. The summed E-state index contributed by atoms with van der Waals surface area (Å²) in [6.07, 6.45) is -4.21. The van der Waals surface area contributed by atoms with Crippen LogP contribution in [0.25, 0.3) is 0 Å². The summed E-state index contributed by atoms with van der Waals surface area (Å²) in [7, 11) is -4.14. The molecule has 0 spiro atoms. The van der Waals surface area contributed by atoms with Crippen LogP contribution in [-0.4, -0.2) is 67.8 Å². The number of carbonyl (C=O) groups excluding carboxylic acids is 2. The van der Waals surface area contributed by atoms with Crippen molar-refractivity contribution in [3.05, 3.63) is 0 Å². The van der Waals surface area contributed by atoms with Gasteiger partial charge < -0.3 is 24.1 Å². The molecule has 186 valence electrons. The van der Waals surface area contributed by atoms with Crippen LogP contribution in [0, 0.1) is 5.41 Å². The molecular formula is C20H35O11P. The third-order valence-electron chi connectivity index (χ3n) is 4.82. The fourth-order valence-electron chi connectivity index (χ4n) is 2.93. The molecule has 0 radical (unpaired) electrons. The molecule has 2 rings (SSSR count). The molecule has 0 bridgehead atoms. The van der Waals surface area contributed by atoms with Gasteiger partial charge in [-0.1, -0.05) is 26.7 Å². The lowest BCUT2D eigenvalue weighted by Gasteiger charge is -2.40. The Morgan fingerprint density at radius 1 is 1.06 bits per heavy atom. The Morgan fingerprint density at radius 2 is 1.62 bits per heavy atom. The predicted molar refractivity (Wildman–Crippen MR) is 111 cm³/mol. The third-order valence-corrected chi connectivity index (χ3v) is 6.28. The van der Waals surface area contributed by atoms with Crippen molar-refractivity contribution in [2.75, 3.05) is 19.8 Å². The zero-order valence-electron chi connectivity index (χ0n) is 19.3. The Hall–Kier alpha value is -1.23. The van der Waals surface area contributed by atoms with E-state index in [9.17, 15) is 19.3 Å². The quantitative estimate of drug-likeness (QED) is 0.249. The number of esters is 1. The fraction of sp³-hybridized carbons (Fsp3) is 0.900. The summed E-state index contributed by atoms with van der Waals surface area (Å²) in [5.74, 6) is -0.627. The second kappa shape index (κ2) is 11.8. The lowest BCUT2D eigenvalue weighted by molar-refractivity contribution is -0.267. The number of hydrogen-bond acceptors (Lipinski definition) is 11. The van der Waals surface area contributed by atoms with E-state index in [-0.39, 0.29) is 13.2 Å². The molecule has 0 aromatic rings. The molecule has 0 saturated carbocycles. The second-order valence-corrected chi connectivity index (χ2v) is 10.3. The van der Waals surface area contributed by atoms with Crippen LogP contribution in [0.1, 0.15) is 60.3 Å². The van der Waals surface area contributed by atoms with Gasteiger partial charge in [-0.05, 0) is 33.6 Å². The van der Waals surface area contributed by atoms with Gasteiger partial charge in [-0.15, -0.1) is 0 Å². The van der Waals surface area contributed by atoms with Gasteiger partial charge >= 0.3 is 19.9 Å². The summed E-state index contributed by atoms with van der Waals surface area (Å²) in [4.78, 5) is 24.4. The lowest BCUT2D eigenvalue weighted by Crippen LogP contribution is -2.59. The molecule has 2 aliphatic heterocycles. The van der Waals surface area contributed by atoms with Crippen LogP contribution >= 0.6 is 7.82 Å². The highest BCUT2D eigenvalue weighted by molar-refractivity contribution is 7.48. The molecule has 2 aliphatic rings. The number of unbranched alkanes of at least 4 members (excludes halogenated alkanes) is 2. The van der Waals surface area contributed by atoms with E-state index in [1.54, 1.807) is 20.8 Å². The zero-order chi connectivity index (χ0) is 23.9. The molecule has 2 saturated heterocycles. The highest BCUT2D eigenvalue weighted by atomic mass is 31.2. The monoisotopic (exact) mass is 482 g/mol. The van der Waals surface area contributed by atoms with E-state index in [2.05, 4.69) is 0 Å². The van der Waals surface area contributed by atoms with Gasteiger partial charge in [0.2, 0.25) is 6.29 Å². The summed E-state index contributed by atoms with van der Waals surface area (Å²) in [6.45, 7) is 8.51. The molecule has 5 atom stereocenters.